The normalized spacial score (nSPS) is 23.7. The van der Waals surface area contributed by atoms with Crippen molar-refractivity contribution in [3.63, 3.8) is 0 Å². The maximum absolute atomic E-state index is 12.2. The molecule has 5 rings (SSSR count). The van der Waals surface area contributed by atoms with Crippen LogP contribution in [0.4, 0.5) is 4.79 Å². The van der Waals surface area contributed by atoms with Crippen LogP contribution in [0.1, 0.15) is 62.0 Å². The van der Waals surface area contributed by atoms with E-state index in [1.807, 2.05) is 24.3 Å². The van der Waals surface area contributed by atoms with Crippen molar-refractivity contribution < 1.29 is 24.2 Å². The van der Waals surface area contributed by atoms with Crippen molar-refractivity contribution in [3.8, 4) is 11.1 Å². The Labute approximate surface area is 205 Å². The lowest BCUT2D eigenvalue weighted by molar-refractivity contribution is -0.143. The van der Waals surface area contributed by atoms with Gasteiger partial charge in [0.15, 0.2) is 0 Å². The van der Waals surface area contributed by atoms with Gasteiger partial charge in [-0.15, -0.1) is 0 Å². The van der Waals surface area contributed by atoms with E-state index in [4.69, 9.17) is 4.74 Å². The first-order chi connectivity index (χ1) is 17.0. The third-order valence-electron chi connectivity index (χ3n) is 7.90. The Kier molecular flexibility index (Phi) is 6.50. The average molecular weight is 477 g/mol. The van der Waals surface area contributed by atoms with Gasteiger partial charge in [0.2, 0.25) is 5.91 Å². The van der Waals surface area contributed by atoms with Gasteiger partial charge in [-0.2, -0.15) is 0 Å². The molecule has 0 bridgehead atoms. The first-order valence-corrected chi connectivity index (χ1v) is 12.6. The number of ether oxygens (including phenoxy) is 1. The van der Waals surface area contributed by atoms with Crippen LogP contribution in [0.5, 0.6) is 0 Å². The molecule has 0 radical (unpaired) electrons. The lowest BCUT2D eigenvalue weighted by atomic mass is 9.98. The molecule has 35 heavy (non-hydrogen) atoms. The van der Waals surface area contributed by atoms with Gasteiger partial charge in [0, 0.05) is 24.9 Å². The number of carboxylic acid groups (broad SMARTS) is 1. The van der Waals surface area contributed by atoms with E-state index < -0.39 is 17.5 Å². The number of hydrogen-bond donors (Lipinski definition) is 3. The minimum atomic E-state index is -0.719. The SMILES string of the molecule is O=C(CCCCCNC(=O)OCC1c2ccccc2-c2ccccc21)N[C@H]1C[C@@H]2C[C@]2(C(=O)O)C1. The number of carboxylic acids is 1. The molecule has 7 heteroatoms. The van der Waals surface area contributed by atoms with Crippen LogP contribution in [0.2, 0.25) is 0 Å². The van der Waals surface area contributed by atoms with E-state index in [0.717, 1.165) is 32.1 Å². The molecule has 0 unspecified atom stereocenters. The van der Waals surface area contributed by atoms with E-state index in [1.54, 1.807) is 0 Å². The van der Waals surface area contributed by atoms with Crippen molar-refractivity contribution in [1.82, 2.24) is 10.6 Å². The zero-order valence-electron chi connectivity index (χ0n) is 19.8. The van der Waals surface area contributed by atoms with Crippen LogP contribution in [0.15, 0.2) is 48.5 Å². The molecule has 3 N–H and O–H groups in total. The summed E-state index contributed by atoms with van der Waals surface area (Å²) in [6, 6.07) is 16.5. The van der Waals surface area contributed by atoms with E-state index in [1.165, 1.54) is 22.3 Å². The van der Waals surface area contributed by atoms with Crippen LogP contribution >= 0.6 is 0 Å². The van der Waals surface area contributed by atoms with Gasteiger partial charge >= 0.3 is 12.1 Å². The summed E-state index contributed by atoms with van der Waals surface area (Å²) in [7, 11) is 0. The molecular weight excluding hydrogens is 444 g/mol. The largest absolute Gasteiger partial charge is 0.481 e. The van der Waals surface area contributed by atoms with Crippen molar-refractivity contribution in [2.45, 2.75) is 56.9 Å². The summed E-state index contributed by atoms with van der Waals surface area (Å²) in [6.45, 7) is 0.801. The van der Waals surface area contributed by atoms with Gasteiger partial charge in [-0.25, -0.2) is 4.79 Å². The minimum absolute atomic E-state index is 0.00687. The van der Waals surface area contributed by atoms with Gasteiger partial charge in [0.25, 0.3) is 0 Å². The zero-order valence-corrected chi connectivity index (χ0v) is 19.8. The summed E-state index contributed by atoms with van der Waals surface area (Å²) in [5, 5.41) is 15.1. The molecular formula is C28H32N2O5. The minimum Gasteiger partial charge on any atom is -0.481 e. The Morgan fingerprint density at radius 3 is 2.29 bits per heavy atom. The van der Waals surface area contributed by atoms with Crippen LogP contribution < -0.4 is 10.6 Å². The number of carbonyl (C=O) groups is 3. The third kappa shape index (κ3) is 4.77. The number of benzene rings is 2. The first kappa shape index (κ1) is 23.4. The molecule has 2 aromatic rings. The molecule has 2 aromatic carbocycles. The number of rotatable bonds is 10. The molecule has 2 amide bonds. The van der Waals surface area contributed by atoms with Crippen molar-refractivity contribution >= 4 is 18.0 Å². The summed E-state index contributed by atoms with van der Waals surface area (Å²) >= 11 is 0. The fraction of sp³-hybridized carbons (Fsp3) is 0.464. The second-order valence-corrected chi connectivity index (χ2v) is 10.1. The molecule has 184 valence electrons. The highest BCUT2D eigenvalue weighted by Gasteiger charge is 2.65. The quantitative estimate of drug-likeness (QED) is 0.439. The van der Waals surface area contributed by atoms with Crippen molar-refractivity contribution in [1.29, 1.82) is 0 Å². The molecule has 7 nitrogen and oxygen atoms in total. The molecule has 0 saturated heterocycles. The van der Waals surface area contributed by atoms with Crippen LogP contribution in [-0.2, 0) is 14.3 Å². The maximum Gasteiger partial charge on any atom is 0.407 e. The Hall–Kier alpha value is -3.35. The van der Waals surface area contributed by atoms with Gasteiger partial charge in [0.05, 0.1) is 5.41 Å². The van der Waals surface area contributed by atoms with Crippen LogP contribution in [0.3, 0.4) is 0 Å². The number of alkyl carbamates (subject to hydrolysis) is 1. The molecule has 3 atom stereocenters. The van der Waals surface area contributed by atoms with Crippen molar-refractivity contribution in [3.05, 3.63) is 59.7 Å². The number of fused-ring (bicyclic) bond motifs is 4. The summed E-state index contributed by atoms with van der Waals surface area (Å²) < 4.78 is 5.54. The van der Waals surface area contributed by atoms with E-state index >= 15 is 0 Å². The summed E-state index contributed by atoms with van der Waals surface area (Å²) in [5.74, 6) is -0.457. The summed E-state index contributed by atoms with van der Waals surface area (Å²) in [6.07, 6.45) is 4.42. The van der Waals surface area contributed by atoms with E-state index in [2.05, 4.69) is 34.9 Å². The highest BCUT2D eigenvalue weighted by atomic mass is 16.5. The topological polar surface area (TPSA) is 105 Å². The molecule has 2 fully saturated rings. The number of amides is 2. The zero-order chi connectivity index (χ0) is 24.4. The third-order valence-corrected chi connectivity index (χ3v) is 7.90. The first-order valence-electron chi connectivity index (χ1n) is 12.6. The van der Waals surface area contributed by atoms with Gasteiger partial charge in [-0.1, -0.05) is 55.0 Å². The van der Waals surface area contributed by atoms with Crippen molar-refractivity contribution in [2.24, 2.45) is 11.3 Å². The van der Waals surface area contributed by atoms with Gasteiger partial charge < -0.3 is 20.5 Å². The second-order valence-electron chi connectivity index (χ2n) is 10.1. The lowest BCUT2D eigenvalue weighted by Crippen LogP contribution is -2.35. The Balaban J connectivity index is 0.963. The van der Waals surface area contributed by atoms with E-state index in [9.17, 15) is 19.5 Å². The number of unbranched alkanes of at least 4 members (excludes halogenated alkanes) is 2. The molecule has 3 aliphatic rings. The summed E-state index contributed by atoms with van der Waals surface area (Å²) in [5.41, 5.74) is 4.21. The number of hydrogen-bond acceptors (Lipinski definition) is 4. The number of aliphatic carboxylic acids is 1. The molecule has 0 heterocycles. The number of nitrogens with one attached hydrogen (secondary N) is 2. The Bertz CT molecular complexity index is 1090. The Morgan fingerprint density at radius 1 is 0.943 bits per heavy atom. The lowest BCUT2D eigenvalue weighted by Gasteiger charge is -2.16. The highest BCUT2D eigenvalue weighted by molar-refractivity contribution is 5.81. The van der Waals surface area contributed by atoms with Crippen molar-refractivity contribution in [2.75, 3.05) is 13.2 Å². The second kappa shape index (κ2) is 9.72. The van der Waals surface area contributed by atoms with Gasteiger partial charge in [0.1, 0.15) is 6.61 Å². The molecule has 0 aliphatic heterocycles. The Morgan fingerprint density at radius 2 is 1.63 bits per heavy atom. The predicted molar refractivity (Wildman–Crippen MR) is 131 cm³/mol. The molecule has 2 saturated carbocycles. The van der Waals surface area contributed by atoms with Crippen LogP contribution in [0.25, 0.3) is 11.1 Å². The monoisotopic (exact) mass is 476 g/mol. The predicted octanol–water partition coefficient (Wildman–Crippen LogP) is 4.46. The smallest absolute Gasteiger partial charge is 0.407 e. The fourth-order valence-corrected chi connectivity index (χ4v) is 5.99. The highest BCUT2D eigenvalue weighted by Crippen LogP contribution is 2.63. The maximum atomic E-state index is 12.2. The van der Waals surface area contributed by atoms with Crippen LogP contribution in [-0.4, -0.2) is 42.3 Å². The standard InChI is InChI=1S/C28H32N2O5/c31-25(30-19-14-18-15-28(18,16-19)26(32)33)12-2-1-7-13-29-27(34)35-17-24-22-10-5-3-8-20(22)21-9-4-6-11-23(21)24/h3-6,8-11,18-19,24H,1-2,7,12-17H2,(H,29,34)(H,30,31)(H,32,33)/t18-,19+,28+/m1/s1. The van der Waals surface area contributed by atoms with Gasteiger partial charge in [-0.05, 0) is 60.3 Å². The molecule has 0 aromatic heterocycles. The van der Waals surface area contributed by atoms with Gasteiger partial charge in [-0.3, -0.25) is 9.59 Å². The van der Waals surface area contributed by atoms with E-state index in [-0.39, 0.29) is 23.8 Å². The molecule has 3 aliphatic carbocycles. The molecule has 0 spiro atoms. The average Bonchev–Trinajstić information content (AvgIpc) is 3.28. The number of carbonyl (C=O) groups excluding carboxylic acids is 2. The summed E-state index contributed by atoms with van der Waals surface area (Å²) in [4.78, 5) is 35.8. The van der Waals surface area contributed by atoms with E-state index in [0.29, 0.717) is 26.0 Å². The van der Waals surface area contributed by atoms with Crippen LogP contribution in [0, 0.1) is 11.3 Å². The fourth-order valence-electron chi connectivity index (χ4n) is 5.99.